The van der Waals surface area contributed by atoms with Gasteiger partial charge in [-0.25, -0.2) is 5.84 Å². The summed E-state index contributed by atoms with van der Waals surface area (Å²) in [5.74, 6) is 5.73. The number of aromatic amines is 1. The highest BCUT2D eigenvalue weighted by Crippen LogP contribution is 2.15. The molecular weight excluding hydrogens is 172 g/mol. The molecule has 0 atom stereocenters. The van der Waals surface area contributed by atoms with Crippen molar-refractivity contribution in [1.82, 2.24) is 10.2 Å². The van der Waals surface area contributed by atoms with Gasteiger partial charge in [-0.3, -0.25) is 5.10 Å². The van der Waals surface area contributed by atoms with Crippen LogP contribution in [0.4, 0.5) is 5.82 Å². The zero-order valence-electron chi connectivity index (χ0n) is 3.98. The van der Waals surface area contributed by atoms with E-state index in [4.69, 9.17) is 5.84 Å². The Balaban J connectivity index is 2.92. The second kappa shape index (κ2) is 2.15. The summed E-state index contributed by atoms with van der Waals surface area (Å²) < 4.78 is 0.833. The van der Waals surface area contributed by atoms with E-state index < -0.39 is 0 Å². The molecule has 44 valence electrons. The van der Waals surface area contributed by atoms with Crippen LogP contribution in [0.25, 0.3) is 0 Å². The summed E-state index contributed by atoms with van der Waals surface area (Å²) in [6.45, 7) is 0. The molecule has 1 aromatic rings. The van der Waals surface area contributed by atoms with Crippen LogP contribution in [0.2, 0.25) is 0 Å². The van der Waals surface area contributed by atoms with Crippen LogP contribution in [0.3, 0.4) is 0 Å². The molecule has 0 aromatic carbocycles. The Labute approximate surface area is 54.6 Å². The lowest BCUT2D eigenvalue weighted by Crippen LogP contribution is -2.07. The third-order valence-corrected chi connectivity index (χ3v) is 1.34. The summed E-state index contributed by atoms with van der Waals surface area (Å²) in [6, 6.07) is 0. The van der Waals surface area contributed by atoms with E-state index in [2.05, 4.69) is 31.6 Å². The standard InChI is InChI=1S/C3H5BrN4/c4-2-1-6-8-3(2)7-5/h1H,5H2,(H2,6,7,8). The van der Waals surface area contributed by atoms with Crippen LogP contribution < -0.4 is 11.3 Å². The molecule has 8 heavy (non-hydrogen) atoms. The van der Waals surface area contributed by atoms with Crippen LogP contribution in [0.5, 0.6) is 0 Å². The number of H-pyrrole nitrogens is 1. The highest BCUT2D eigenvalue weighted by molar-refractivity contribution is 9.10. The Morgan fingerprint density at radius 2 is 2.62 bits per heavy atom. The van der Waals surface area contributed by atoms with Gasteiger partial charge in [0, 0.05) is 0 Å². The number of anilines is 1. The first kappa shape index (κ1) is 5.58. The Hall–Kier alpha value is -0.550. The smallest absolute Gasteiger partial charge is 0.150 e. The van der Waals surface area contributed by atoms with E-state index in [9.17, 15) is 0 Å². The van der Waals surface area contributed by atoms with Gasteiger partial charge in [-0.1, -0.05) is 0 Å². The van der Waals surface area contributed by atoms with Crippen LogP contribution in [0.15, 0.2) is 10.7 Å². The average molecular weight is 177 g/mol. The molecular formula is C3H5BrN4. The molecule has 1 rings (SSSR count). The Morgan fingerprint density at radius 3 is 2.88 bits per heavy atom. The van der Waals surface area contributed by atoms with Crippen LogP contribution in [-0.2, 0) is 0 Å². The van der Waals surface area contributed by atoms with Crippen LogP contribution >= 0.6 is 15.9 Å². The molecule has 4 N–H and O–H groups in total. The van der Waals surface area contributed by atoms with Crippen molar-refractivity contribution in [3.8, 4) is 0 Å². The van der Waals surface area contributed by atoms with E-state index in [1.54, 1.807) is 6.20 Å². The first-order valence-electron chi connectivity index (χ1n) is 2.00. The monoisotopic (exact) mass is 176 g/mol. The highest BCUT2D eigenvalue weighted by Gasteiger charge is 1.94. The fourth-order valence-corrected chi connectivity index (χ4v) is 0.678. The van der Waals surface area contributed by atoms with Gasteiger partial charge in [-0.05, 0) is 15.9 Å². The summed E-state index contributed by atoms with van der Waals surface area (Å²) in [7, 11) is 0. The number of nitrogens with two attached hydrogens (primary N) is 1. The van der Waals surface area contributed by atoms with E-state index in [1.807, 2.05) is 0 Å². The molecule has 0 saturated heterocycles. The van der Waals surface area contributed by atoms with Gasteiger partial charge in [-0.15, -0.1) is 0 Å². The van der Waals surface area contributed by atoms with Crippen molar-refractivity contribution in [3.05, 3.63) is 10.7 Å². The van der Waals surface area contributed by atoms with Crippen LogP contribution in [-0.4, -0.2) is 10.2 Å². The van der Waals surface area contributed by atoms with Gasteiger partial charge in [0.05, 0.1) is 10.7 Å². The van der Waals surface area contributed by atoms with Gasteiger partial charge in [0.15, 0.2) is 0 Å². The van der Waals surface area contributed by atoms with Crippen LogP contribution in [0.1, 0.15) is 0 Å². The maximum Gasteiger partial charge on any atom is 0.150 e. The average Bonchev–Trinajstić information content (AvgIpc) is 2.14. The minimum atomic E-state index is 0.685. The lowest BCUT2D eigenvalue weighted by atomic mass is 10.7. The molecule has 4 nitrogen and oxygen atoms in total. The lowest BCUT2D eigenvalue weighted by molar-refractivity contribution is 1.08. The SMILES string of the molecule is NNc1[nH]ncc1Br. The molecule has 0 bridgehead atoms. The van der Waals surface area contributed by atoms with Crippen molar-refractivity contribution in [1.29, 1.82) is 0 Å². The van der Waals surface area contributed by atoms with Crippen LogP contribution in [0, 0.1) is 0 Å². The largest absolute Gasteiger partial charge is 0.308 e. The number of nitrogens with zero attached hydrogens (tertiary/aromatic N) is 1. The maximum atomic E-state index is 5.04. The van der Waals surface area contributed by atoms with Gasteiger partial charge in [-0.2, -0.15) is 5.10 Å². The molecule has 0 unspecified atom stereocenters. The second-order valence-electron chi connectivity index (χ2n) is 1.24. The fraction of sp³-hybridized carbons (Fsp3) is 0. The third kappa shape index (κ3) is 0.823. The molecule has 5 heteroatoms. The van der Waals surface area contributed by atoms with Crippen molar-refractivity contribution >= 4 is 21.7 Å². The minimum Gasteiger partial charge on any atom is -0.308 e. The Kier molecular flexibility index (Phi) is 1.50. The summed E-state index contributed by atoms with van der Waals surface area (Å²) in [6.07, 6.45) is 1.62. The number of hydrogen-bond donors (Lipinski definition) is 3. The molecule has 0 spiro atoms. The molecule has 0 aliphatic heterocycles. The van der Waals surface area contributed by atoms with Crippen molar-refractivity contribution in [3.63, 3.8) is 0 Å². The number of rotatable bonds is 1. The zero-order chi connectivity index (χ0) is 5.98. The molecule has 0 aliphatic rings. The summed E-state index contributed by atoms with van der Waals surface area (Å²) in [5.41, 5.74) is 2.41. The number of halogens is 1. The Morgan fingerprint density at radius 1 is 1.88 bits per heavy atom. The van der Waals surface area contributed by atoms with Crippen molar-refractivity contribution in [2.45, 2.75) is 0 Å². The first-order chi connectivity index (χ1) is 3.84. The van der Waals surface area contributed by atoms with Crippen molar-refractivity contribution in [2.24, 2.45) is 5.84 Å². The third-order valence-electron chi connectivity index (χ3n) is 0.737. The van der Waals surface area contributed by atoms with Gasteiger partial charge in [0.25, 0.3) is 0 Å². The predicted molar refractivity (Wildman–Crippen MR) is 34.1 cm³/mol. The van der Waals surface area contributed by atoms with Gasteiger partial charge < -0.3 is 5.43 Å². The molecule has 0 amide bonds. The van der Waals surface area contributed by atoms with E-state index in [1.165, 1.54) is 0 Å². The van der Waals surface area contributed by atoms with Gasteiger partial charge in [0.1, 0.15) is 5.82 Å². The Bertz CT molecular complexity index is 172. The summed E-state index contributed by atoms with van der Waals surface area (Å²) >= 11 is 3.19. The number of aromatic nitrogens is 2. The normalized spacial score (nSPS) is 9.25. The zero-order valence-corrected chi connectivity index (χ0v) is 5.57. The van der Waals surface area contributed by atoms with Crippen molar-refractivity contribution < 1.29 is 0 Å². The topological polar surface area (TPSA) is 66.7 Å². The van der Waals surface area contributed by atoms with E-state index in [-0.39, 0.29) is 0 Å². The van der Waals surface area contributed by atoms with E-state index >= 15 is 0 Å². The van der Waals surface area contributed by atoms with E-state index in [0.29, 0.717) is 5.82 Å². The molecule has 0 saturated carbocycles. The second-order valence-corrected chi connectivity index (χ2v) is 2.09. The predicted octanol–water partition coefficient (Wildman–Crippen LogP) is 0.458. The van der Waals surface area contributed by atoms with Crippen molar-refractivity contribution in [2.75, 3.05) is 5.43 Å². The number of nitrogens with one attached hydrogen (secondary N) is 2. The van der Waals surface area contributed by atoms with Gasteiger partial charge >= 0.3 is 0 Å². The minimum absolute atomic E-state index is 0.685. The molecule has 1 aromatic heterocycles. The fourth-order valence-electron chi connectivity index (χ4n) is 0.373. The quantitative estimate of drug-likeness (QED) is 0.431. The maximum absolute atomic E-state index is 5.04. The summed E-state index contributed by atoms with van der Waals surface area (Å²) in [4.78, 5) is 0. The van der Waals surface area contributed by atoms with Gasteiger partial charge in [0.2, 0.25) is 0 Å². The number of hydrogen-bond acceptors (Lipinski definition) is 3. The van der Waals surface area contributed by atoms with E-state index in [0.717, 1.165) is 4.47 Å². The lowest BCUT2D eigenvalue weighted by Gasteiger charge is -1.90. The molecule has 1 heterocycles. The number of hydrazine groups is 1. The first-order valence-corrected chi connectivity index (χ1v) is 2.79. The number of nitrogen functional groups attached to an aromatic ring is 1. The molecule has 0 aliphatic carbocycles. The molecule has 0 fully saturated rings. The molecule has 0 radical (unpaired) electrons. The highest BCUT2D eigenvalue weighted by atomic mass is 79.9. The summed E-state index contributed by atoms with van der Waals surface area (Å²) in [5, 5.41) is 6.30.